The minimum Gasteiger partial charge on any atom is -0.293 e. The molecular formula is C17H17ClOS. The van der Waals surface area contributed by atoms with Gasteiger partial charge in [-0.15, -0.1) is 11.8 Å². The van der Waals surface area contributed by atoms with Crippen LogP contribution in [0.4, 0.5) is 0 Å². The van der Waals surface area contributed by atoms with Gasteiger partial charge in [-0.1, -0.05) is 41.4 Å². The average Bonchev–Trinajstić information content (AvgIpc) is 2.43. The topological polar surface area (TPSA) is 17.1 Å². The number of thioether (sulfide) groups is 1. The Balaban J connectivity index is 2.11. The smallest absolute Gasteiger partial charge is 0.175 e. The number of ketones is 1. The lowest BCUT2D eigenvalue weighted by atomic mass is 10.1. The molecule has 2 rings (SSSR count). The van der Waals surface area contributed by atoms with E-state index < -0.39 is 0 Å². The molecule has 0 fully saturated rings. The molecule has 2 aromatic carbocycles. The van der Waals surface area contributed by atoms with Crippen molar-refractivity contribution in [2.24, 2.45) is 0 Å². The molecule has 20 heavy (non-hydrogen) atoms. The number of rotatable bonds is 4. The van der Waals surface area contributed by atoms with Crippen LogP contribution in [0.3, 0.4) is 0 Å². The van der Waals surface area contributed by atoms with Crippen molar-refractivity contribution in [1.29, 1.82) is 0 Å². The molecule has 0 bridgehead atoms. The van der Waals surface area contributed by atoms with Gasteiger partial charge in [-0.25, -0.2) is 0 Å². The van der Waals surface area contributed by atoms with Crippen LogP contribution < -0.4 is 0 Å². The van der Waals surface area contributed by atoms with E-state index >= 15 is 0 Å². The van der Waals surface area contributed by atoms with E-state index in [1.54, 1.807) is 17.8 Å². The zero-order chi connectivity index (χ0) is 14.7. The number of carbonyl (C=O) groups is 1. The Morgan fingerprint density at radius 1 is 1.10 bits per heavy atom. The molecule has 0 N–H and O–H groups in total. The number of aryl methyl sites for hydroxylation is 2. The van der Waals surface area contributed by atoms with Crippen LogP contribution in [0.5, 0.6) is 0 Å². The van der Waals surface area contributed by atoms with Crippen LogP contribution in [0.2, 0.25) is 5.02 Å². The Morgan fingerprint density at radius 3 is 2.35 bits per heavy atom. The molecule has 3 heteroatoms. The molecule has 0 amide bonds. The number of halogens is 1. The number of carbonyl (C=O) groups excluding carboxylic acids is 1. The van der Waals surface area contributed by atoms with Gasteiger partial charge in [0.25, 0.3) is 0 Å². The van der Waals surface area contributed by atoms with Gasteiger partial charge in [0.05, 0.1) is 5.25 Å². The number of hydrogen-bond acceptors (Lipinski definition) is 2. The molecule has 1 atom stereocenters. The second-order valence-corrected chi connectivity index (χ2v) is 6.72. The van der Waals surface area contributed by atoms with E-state index in [0.29, 0.717) is 10.6 Å². The third-order valence-electron chi connectivity index (χ3n) is 3.16. The van der Waals surface area contributed by atoms with Crippen LogP contribution in [0.15, 0.2) is 47.4 Å². The van der Waals surface area contributed by atoms with Gasteiger partial charge < -0.3 is 0 Å². The van der Waals surface area contributed by atoms with Crippen molar-refractivity contribution >= 4 is 29.1 Å². The lowest BCUT2D eigenvalue weighted by Gasteiger charge is -2.11. The van der Waals surface area contributed by atoms with Crippen LogP contribution in [0.1, 0.15) is 28.4 Å². The van der Waals surface area contributed by atoms with E-state index in [0.717, 1.165) is 10.5 Å². The fourth-order valence-electron chi connectivity index (χ4n) is 1.86. The highest BCUT2D eigenvalue weighted by Crippen LogP contribution is 2.27. The standard InChI is InChI=1S/C17H17ClOS/c1-11-4-8-15(9-5-11)20-13(3)17(19)14-7-6-12(2)16(18)10-14/h4-10,13H,1-3H3/t13-/m1/s1. The Kier molecular flexibility index (Phi) is 4.90. The maximum Gasteiger partial charge on any atom is 0.175 e. The summed E-state index contributed by atoms with van der Waals surface area (Å²) in [6, 6.07) is 13.7. The van der Waals surface area contributed by atoms with E-state index in [2.05, 4.69) is 19.1 Å². The maximum atomic E-state index is 12.4. The van der Waals surface area contributed by atoms with Gasteiger partial charge in [-0.3, -0.25) is 4.79 Å². The summed E-state index contributed by atoms with van der Waals surface area (Å²) in [5.74, 6) is 0.109. The van der Waals surface area contributed by atoms with E-state index in [1.165, 1.54) is 5.56 Å². The van der Waals surface area contributed by atoms with Crippen LogP contribution in [0.25, 0.3) is 0 Å². The molecule has 0 radical (unpaired) electrons. The Labute approximate surface area is 129 Å². The molecule has 0 aliphatic heterocycles. The van der Waals surface area contributed by atoms with Gasteiger partial charge in [-0.05, 0) is 44.5 Å². The first-order valence-corrected chi connectivity index (χ1v) is 7.77. The molecule has 0 unspecified atom stereocenters. The summed E-state index contributed by atoms with van der Waals surface area (Å²) in [6.07, 6.45) is 0. The largest absolute Gasteiger partial charge is 0.293 e. The van der Waals surface area contributed by atoms with Gasteiger partial charge in [-0.2, -0.15) is 0 Å². The third kappa shape index (κ3) is 3.65. The Hall–Kier alpha value is -1.25. The van der Waals surface area contributed by atoms with Gasteiger partial charge in [0.2, 0.25) is 0 Å². The van der Waals surface area contributed by atoms with Crippen molar-refractivity contribution in [3.05, 3.63) is 64.2 Å². The monoisotopic (exact) mass is 304 g/mol. The van der Waals surface area contributed by atoms with E-state index in [-0.39, 0.29) is 11.0 Å². The van der Waals surface area contributed by atoms with Crippen LogP contribution in [0, 0.1) is 13.8 Å². The maximum absolute atomic E-state index is 12.4. The van der Waals surface area contributed by atoms with E-state index in [9.17, 15) is 4.79 Å². The predicted molar refractivity (Wildman–Crippen MR) is 87.0 cm³/mol. The molecule has 2 aromatic rings. The molecule has 0 heterocycles. The number of hydrogen-bond donors (Lipinski definition) is 0. The molecule has 0 aliphatic rings. The third-order valence-corrected chi connectivity index (χ3v) is 4.68. The fraction of sp³-hybridized carbons (Fsp3) is 0.235. The van der Waals surface area contributed by atoms with Gasteiger partial charge >= 0.3 is 0 Å². The van der Waals surface area contributed by atoms with Crippen LogP contribution in [-0.4, -0.2) is 11.0 Å². The second-order valence-electron chi connectivity index (χ2n) is 4.90. The number of benzene rings is 2. The highest BCUT2D eigenvalue weighted by atomic mass is 35.5. The summed E-state index contributed by atoms with van der Waals surface area (Å²) in [5, 5.41) is 0.514. The Bertz CT molecular complexity index is 619. The minimum atomic E-state index is -0.128. The molecule has 0 aliphatic carbocycles. The molecule has 104 valence electrons. The minimum absolute atomic E-state index is 0.109. The van der Waals surface area contributed by atoms with E-state index in [4.69, 9.17) is 11.6 Å². The summed E-state index contributed by atoms with van der Waals surface area (Å²) in [4.78, 5) is 13.5. The molecule has 0 aromatic heterocycles. The molecular weight excluding hydrogens is 288 g/mol. The zero-order valence-corrected chi connectivity index (χ0v) is 13.4. The number of Topliss-reactive ketones (excluding diaryl/α,β-unsaturated/α-hetero) is 1. The highest BCUT2D eigenvalue weighted by molar-refractivity contribution is 8.00. The fourth-order valence-corrected chi connectivity index (χ4v) is 2.98. The summed E-state index contributed by atoms with van der Waals surface area (Å²) >= 11 is 7.65. The summed E-state index contributed by atoms with van der Waals surface area (Å²) < 4.78 is 0. The van der Waals surface area contributed by atoms with Gasteiger partial charge in [0.15, 0.2) is 5.78 Å². The summed E-state index contributed by atoms with van der Waals surface area (Å²) in [5.41, 5.74) is 2.88. The lowest BCUT2D eigenvalue weighted by Crippen LogP contribution is -2.13. The molecule has 0 saturated carbocycles. The highest BCUT2D eigenvalue weighted by Gasteiger charge is 2.17. The summed E-state index contributed by atoms with van der Waals surface area (Å²) in [6.45, 7) is 5.92. The predicted octanol–water partition coefficient (Wildman–Crippen LogP) is 5.32. The van der Waals surface area contributed by atoms with E-state index in [1.807, 2.05) is 38.1 Å². The van der Waals surface area contributed by atoms with Crippen molar-refractivity contribution in [2.75, 3.05) is 0 Å². The zero-order valence-electron chi connectivity index (χ0n) is 11.8. The summed E-state index contributed by atoms with van der Waals surface area (Å²) in [7, 11) is 0. The lowest BCUT2D eigenvalue weighted by molar-refractivity contribution is 0.0994. The van der Waals surface area contributed by atoms with Crippen LogP contribution >= 0.6 is 23.4 Å². The van der Waals surface area contributed by atoms with Crippen molar-refractivity contribution in [2.45, 2.75) is 30.9 Å². The first-order valence-electron chi connectivity index (χ1n) is 6.51. The average molecular weight is 305 g/mol. The van der Waals surface area contributed by atoms with Crippen molar-refractivity contribution in [3.8, 4) is 0 Å². The van der Waals surface area contributed by atoms with Crippen molar-refractivity contribution in [3.63, 3.8) is 0 Å². The molecule has 0 saturated heterocycles. The molecule has 1 nitrogen and oxygen atoms in total. The quantitative estimate of drug-likeness (QED) is 0.561. The van der Waals surface area contributed by atoms with Crippen molar-refractivity contribution < 1.29 is 4.79 Å². The normalized spacial score (nSPS) is 12.2. The van der Waals surface area contributed by atoms with Gasteiger partial charge in [0.1, 0.15) is 0 Å². The van der Waals surface area contributed by atoms with Crippen molar-refractivity contribution in [1.82, 2.24) is 0 Å². The first kappa shape index (κ1) is 15.1. The first-order chi connectivity index (χ1) is 9.47. The second kappa shape index (κ2) is 6.47. The van der Waals surface area contributed by atoms with Gasteiger partial charge in [0, 0.05) is 15.5 Å². The SMILES string of the molecule is Cc1ccc(S[C@H](C)C(=O)c2ccc(C)c(Cl)c2)cc1. The Morgan fingerprint density at radius 2 is 1.75 bits per heavy atom. The molecule has 0 spiro atoms. The van der Waals surface area contributed by atoms with Crippen LogP contribution in [-0.2, 0) is 0 Å².